The SMILES string of the molecule is Cc1cc(Cl)cc2sc(NC(=O)CCCS(=O)(=O)c3ccc(F)cc3)nc12. The molecule has 0 unspecified atom stereocenters. The first-order valence-electron chi connectivity index (χ1n) is 8.09. The van der Waals surface area contributed by atoms with Crippen molar-refractivity contribution in [2.45, 2.75) is 24.7 Å². The average Bonchev–Trinajstić information content (AvgIpc) is 2.97. The molecule has 142 valence electrons. The minimum atomic E-state index is -3.55. The molecular weight excluding hydrogens is 411 g/mol. The Balaban J connectivity index is 1.58. The fraction of sp³-hybridized carbons (Fsp3) is 0.222. The van der Waals surface area contributed by atoms with Crippen LogP contribution >= 0.6 is 22.9 Å². The highest BCUT2D eigenvalue weighted by Gasteiger charge is 2.16. The van der Waals surface area contributed by atoms with Gasteiger partial charge in [0.2, 0.25) is 5.91 Å². The maximum Gasteiger partial charge on any atom is 0.226 e. The van der Waals surface area contributed by atoms with Crippen LogP contribution in [0, 0.1) is 12.7 Å². The van der Waals surface area contributed by atoms with Gasteiger partial charge in [-0.15, -0.1) is 0 Å². The Morgan fingerprint density at radius 3 is 2.67 bits per heavy atom. The summed E-state index contributed by atoms with van der Waals surface area (Å²) in [5.74, 6) is -1.01. The zero-order valence-corrected chi connectivity index (χ0v) is 16.7. The summed E-state index contributed by atoms with van der Waals surface area (Å²) < 4.78 is 38.2. The second kappa shape index (κ2) is 7.92. The second-order valence-electron chi connectivity index (χ2n) is 6.01. The number of sulfone groups is 1. The molecule has 1 aromatic heterocycles. The van der Waals surface area contributed by atoms with Gasteiger partial charge >= 0.3 is 0 Å². The number of carbonyl (C=O) groups excluding carboxylic acids is 1. The first-order valence-corrected chi connectivity index (χ1v) is 10.9. The number of rotatable bonds is 6. The number of fused-ring (bicyclic) bond motifs is 1. The number of hydrogen-bond donors (Lipinski definition) is 1. The van der Waals surface area contributed by atoms with Crippen LogP contribution in [0.2, 0.25) is 5.02 Å². The number of carbonyl (C=O) groups is 1. The number of anilines is 1. The molecule has 2 aromatic carbocycles. The summed E-state index contributed by atoms with van der Waals surface area (Å²) in [7, 11) is -3.55. The lowest BCUT2D eigenvalue weighted by Gasteiger charge is -2.04. The molecule has 0 bridgehead atoms. The molecule has 1 heterocycles. The predicted octanol–water partition coefficient (Wildman–Crippen LogP) is 4.59. The number of hydrogen-bond acceptors (Lipinski definition) is 5. The third-order valence-corrected chi connectivity index (χ3v) is 6.84. The van der Waals surface area contributed by atoms with E-state index in [2.05, 4.69) is 10.3 Å². The van der Waals surface area contributed by atoms with E-state index >= 15 is 0 Å². The first kappa shape index (κ1) is 19.7. The molecule has 0 aliphatic rings. The van der Waals surface area contributed by atoms with Gasteiger partial charge in [-0.2, -0.15) is 0 Å². The summed E-state index contributed by atoms with van der Waals surface area (Å²) in [6.45, 7) is 1.89. The van der Waals surface area contributed by atoms with Crippen molar-refractivity contribution in [2.75, 3.05) is 11.1 Å². The Labute approximate surface area is 165 Å². The summed E-state index contributed by atoms with van der Waals surface area (Å²) in [6, 6.07) is 8.22. The Morgan fingerprint density at radius 2 is 1.96 bits per heavy atom. The van der Waals surface area contributed by atoms with Crippen molar-refractivity contribution in [3.8, 4) is 0 Å². The number of benzene rings is 2. The van der Waals surface area contributed by atoms with E-state index in [1.54, 1.807) is 12.1 Å². The Morgan fingerprint density at radius 1 is 1.26 bits per heavy atom. The largest absolute Gasteiger partial charge is 0.302 e. The van der Waals surface area contributed by atoms with Gasteiger partial charge in [0.1, 0.15) is 5.82 Å². The highest BCUT2D eigenvalue weighted by atomic mass is 35.5. The molecule has 1 N–H and O–H groups in total. The van der Waals surface area contributed by atoms with Crippen molar-refractivity contribution in [3.05, 3.63) is 52.8 Å². The van der Waals surface area contributed by atoms with Crippen LogP contribution in [0.4, 0.5) is 9.52 Å². The molecule has 0 fully saturated rings. The van der Waals surface area contributed by atoms with Crippen molar-refractivity contribution in [3.63, 3.8) is 0 Å². The normalized spacial score (nSPS) is 11.7. The molecule has 0 aliphatic carbocycles. The van der Waals surface area contributed by atoms with Crippen LogP contribution in [-0.2, 0) is 14.6 Å². The third-order valence-electron chi connectivity index (χ3n) is 3.89. The fourth-order valence-electron chi connectivity index (χ4n) is 2.57. The maximum absolute atomic E-state index is 12.9. The molecule has 3 rings (SSSR count). The summed E-state index contributed by atoms with van der Waals surface area (Å²) in [6.07, 6.45) is 0.192. The molecule has 27 heavy (non-hydrogen) atoms. The van der Waals surface area contributed by atoms with Gasteiger partial charge in [-0.05, 0) is 55.3 Å². The van der Waals surface area contributed by atoms with Gasteiger partial charge in [-0.1, -0.05) is 22.9 Å². The minimum absolute atomic E-state index is 0.0378. The van der Waals surface area contributed by atoms with E-state index in [1.807, 2.05) is 6.92 Å². The summed E-state index contributed by atoms with van der Waals surface area (Å²) in [4.78, 5) is 16.5. The van der Waals surface area contributed by atoms with Gasteiger partial charge in [-0.25, -0.2) is 17.8 Å². The maximum atomic E-state index is 12.9. The zero-order valence-electron chi connectivity index (χ0n) is 14.3. The van der Waals surface area contributed by atoms with Crippen LogP contribution in [0.3, 0.4) is 0 Å². The van der Waals surface area contributed by atoms with E-state index in [1.165, 1.54) is 23.5 Å². The number of thiazole rings is 1. The summed E-state index contributed by atoms with van der Waals surface area (Å²) in [5.41, 5.74) is 1.69. The van der Waals surface area contributed by atoms with Gasteiger partial charge in [0.15, 0.2) is 15.0 Å². The van der Waals surface area contributed by atoms with E-state index in [-0.39, 0.29) is 29.4 Å². The lowest BCUT2D eigenvalue weighted by molar-refractivity contribution is -0.116. The molecular formula is C18H16ClFN2O3S2. The van der Waals surface area contributed by atoms with Crippen molar-refractivity contribution >= 4 is 54.0 Å². The highest BCUT2D eigenvalue weighted by Crippen LogP contribution is 2.31. The molecule has 0 radical (unpaired) electrons. The second-order valence-corrected chi connectivity index (χ2v) is 9.59. The van der Waals surface area contributed by atoms with Crippen molar-refractivity contribution in [1.29, 1.82) is 0 Å². The molecule has 0 spiro atoms. The lowest BCUT2D eigenvalue weighted by atomic mass is 10.2. The number of halogens is 2. The van der Waals surface area contributed by atoms with E-state index in [4.69, 9.17) is 11.6 Å². The van der Waals surface area contributed by atoms with Gasteiger partial charge in [-0.3, -0.25) is 4.79 Å². The van der Waals surface area contributed by atoms with Crippen LogP contribution in [0.1, 0.15) is 18.4 Å². The monoisotopic (exact) mass is 426 g/mol. The quantitative estimate of drug-likeness (QED) is 0.585. The van der Waals surface area contributed by atoms with Gasteiger partial charge in [0.05, 0.1) is 20.9 Å². The Hall–Kier alpha value is -2.03. The van der Waals surface area contributed by atoms with Gasteiger partial charge in [0.25, 0.3) is 0 Å². The summed E-state index contributed by atoms with van der Waals surface area (Å²) in [5, 5.41) is 3.74. The topological polar surface area (TPSA) is 76.1 Å². The van der Waals surface area contributed by atoms with E-state index in [0.717, 1.165) is 27.9 Å². The van der Waals surface area contributed by atoms with Gasteiger partial charge in [0, 0.05) is 11.4 Å². The molecule has 0 atom stereocenters. The fourth-order valence-corrected chi connectivity index (χ4v) is 5.22. The van der Waals surface area contributed by atoms with E-state index in [9.17, 15) is 17.6 Å². The number of aromatic nitrogens is 1. The molecule has 5 nitrogen and oxygen atoms in total. The molecule has 3 aromatic rings. The van der Waals surface area contributed by atoms with Crippen molar-refractivity contribution in [2.24, 2.45) is 0 Å². The van der Waals surface area contributed by atoms with Crippen LogP contribution in [-0.4, -0.2) is 25.1 Å². The molecule has 0 saturated heterocycles. The average molecular weight is 427 g/mol. The van der Waals surface area contributed by atoms with Crippen LogP contribution < -0.4 is 5.32 Å². The van der Waals surface area contributed by atoms with Crippen molar-refractivity contribution < 1.29 is 17.6 Å². The number of amides is 1. The number of nitrogens with one attached hydrogen (secondary N) is 1. The highest BCUT2D eigenvalue weighted by molar-refractivity contribution is 7.91. The smallest absolute Gasteiger partial charge is 0.226 e. The van der Waals surface area contributed by atoms with Crippen LogP contribution in [0.5, 0.6) is 0 Å². The molecule has 0 aliphatic heterocycles. The van der Waals surface area contributed by atoms with Gasteiger partial charge < -0.3 is 5.32 Å². The van der Waals surface area contributed by atoms with E-state index in [0.29, 0.717) is 10.2 Å². The first-order chi connectivity index (χ1) is 12.7. The molecule has 1 amide bonds. The number of aryl methyl sites for hydroxylation is 1. The van der Waals surface area contributed by atoms with E-state index < -0.39 is 15.7 Å². The van der Waals surface area contributed by atoms with Crippen LogP contribution in [0.15, 0.2) is 41.3 Å². The van der Waals surface area contributed by atoms with Crippen molar-refractivity contribution in [1.82, 2.24) is 4.98 Å². The summed E-state index contributed by atoms with van der Waals surface area (Å²) >= 11 is 7.33. The lowest BCUT2D eigenvalue weighted by Crippen LogP contribution is -2.14. The number of nitrogens with zero attached hydrogens (tertiary/aromatic N) is 1. The molecule has 9 heteroatoms. The predicted molar refractivity (Wildman–Crippen MR) is 106 cm³/mol. The third kappa shape index (κ3) is 4.82. The minimum Gasteiger partial charge on any atom is -0.302 e. The zero-order chi connectivity index (χ0) is 19.6. The Bertz CT molecular complexity index is 1100. The van der Waals surface area contributed by atoms with Crippen LogP contribution in [0.25, 0.3) is 10.2 Å². The molecule has 0 saturated carbocycles. The Kier molecular flexibility index (Phi) is 5.78. The standard InChI is InChI=1S/C18H16ClFN2O3S2/c1-11-9-12(19)10-15-17(11)22-18(26-15)21-16(23)3-2-8-27(24,25)14-6-4-13(20)5-7-14/h4-7,9-10H,2-3,8H2,1H3,(H,21,22,23).